The number of carboxylic acids is 1. The Hall–Kier alpha value is -2.94. The lowest BCUT2D eigenvalue weighted by Crippen LogP contribution is -2.21. The molecule has 126 valence electrons. The molecule has 3 aromatic rings. The summed E-state index contributed by atoms with van der Waals surface area (Å²) < 4.78 is 36.4. The average Bonchev–Trinajstić information content (AvgIpc) is 3.02. The van der Waals surface area contributed by atoms with Crippen LogP contribution < -0.4 is 5.73 Å². The first kappa shape index (κ1) is 17.4. The topological polar surface area (TPSA) is 102 Å². The van der Waals surface area contributed by atoms with Crippen LogP contribution in [0, 0.1) is 0 Å². The molecule has 0 aliphatic heterocycles. The van der Waals surface area contributed by atoms with Gasteiger partial charge >= 0.3 is 12.1 Å². The third-order valence-corrected chi connectivity index (χ3v) is 3.04. The van der Waals surface area contributed by atoms with Crippen LogP contribution in [0.25, 0.3) is 22.2 Å². The fraction of sp³-hybridized carbons (Fsp3) is 0.133. The van der Waals surface area contributed by atoms with Gasteiger partial charge in [-0.2, -0.15) is 13.2 Å². The lowest BCUT2D eigenvalue weighted by molar-refractivity contribution is -0.192. The molecule has 3 N–H and O–H groups in total. The van der Waals surface area contributed by atoms with E-state index in [0.29, 0.717) is 6.54 Å². The van der Waals surface area contributed by atoms with Crippen LogP contribution in [0.15, 0.2) is 47.1 Å². The number of halogens is 3. The molecule has 2 aromatic carbocycles. The van der Waals surface area contributed by atoms with Gasteiger partial charge in [0.2, 0.25) is 0 Å². The Balaban J connectivity index is 0.000000256. The number of alkyl halides is 3. The molecule has 3 rings (SSSR count). The van der Waals surface area contributed by atoms with Gasteiger partial charge < -0.3 is 10.8 Å². The van der Waals surface area contributed by atoms with Crippen LogP contribution >= 0.6 is 0 Å². The van der Waals surface area contributed by atoms with Crippen molar-refractivity contribution >= 4 is 17.0 Å². The van der Waals surface area contributed by atoms with Crippen molar-refractivity contribution < 1.29 is 27.7 Å². The number of aliphatic carboxylic acids is 1. The maximum atomic E-state index is 10.6. The largest absolute Gasteiger partial charge is 0.490 e. The number of nitrogens with zero attached hydrogens (tertiary/aromatic N) is 2. The van der Waals surface area contributed by atoms with Gasteiger partial charge in [-0.05, 0) is 39.1 Å². The molecule has 0 atom stereocenters. The molecule has 1 aromatic heterocycles. The van der Waals surface area contributed by atoms with E-state index in [1.54, 1.807) is 0 Å². The van der Waals surface area contributed by atoms with E-state index >= 15 is 0 Å². The molecule has 9 heteroatoms. The zero-order valence-electron chi connectivity index (χ0n) is 12.1. The number of rotatable bonds is 2. The quantitative estimate of drug-likeness (QED) is 0.744. The number of hydrogen-bond donors (Lipinski definition) is 2. The summed E-state index contributed by atoms with van der Waals surface area (Å²) in [6.45, 7) is 0.519. The minimum atomic E-state index is -5.08. The van der Waals surface area contributed by atoms with Crippen molar-refractivity contribution in [3.8, 4) is 11.1 Å². The van der Waals surface area contributed by atoms with Crippen LogP contribution in [0.4, 0.5) is 13.2 Å². The Kier molecular flexibility index (Phi) is 5.14. The minimum Gasteiger partial charge on any atom is -0.475 e. The molecule has 0 saturated carbocycles. The molecule has 0 unspecified atom stereocenters. The smallest absolute Gasteiger partial charge is 0.475 e. The van der Waals surface area contributed by atoms with Crippen LogP contribution in [0.5, 0.6) is 0 Å². The van der Waals surface area contributed by atoms with Gasteiger partial charge in [-0.1, -0.05) is 30.3 Å². The molecule has 0 spiro atoms. The first-order valence-electron chi connectivity index (χ1n) is 6.63. The summed E-state index contributed by atoms with van der Waals surface area (Å²) in [4.78, 5) is 8.90. The second-order valence-electron chi connectivity index (χ2n) is 4.63. The average molecular weight is 339 g/mol. The molecule has 24 heavy (non-hydrogen) atoms. The Morgan fingerprint density at radius 3 is 2.38 bits per heavy atom. The first-order chi connectivity index (χ1) is 11.3. The Morgan fingerprint density at radius 1 is 1.12 bits per heavy atom. The normalized spacial score (nSPS) is 11.0. The lowest BCUT2D eigenvalue weighted by atomic mass is 9.99. The summed E-state index contributed by atoms with van der Waals surface area (Å²) in [5.41, 5.74) is 10.6. The lowest BCUT2D eigenvalue weighted by Gasteiger charge is -2.06. The predicted octanol–water partition coefficient (Wildman–Crippen LogP) is 2.98. The summed E-state index contributed by atoms with van der Waals surface area (Å²) in [5.74, 6) is -2.76. The van der Waals surface area contributed by atoms with Crippen molar-refractivity contribution in [2.24, 2.45) is 5.73 Å². The van der Waals surface area contributed by atoms with Gasteiger partial charge in [0.1, 0.15) is 11.0 Å². The van der Waals surface area contributed by atoms with E-state index in [1.165, 1.54) is 0 Å². The molecule has 0 bridgehead atoms. The van der Waals surface area contributed by atoms with Gasteiger partial charge in [-0.15, -0.1) is 0 Å². The summed E-state index contributed by atoms with van der Waals surface area (Å²) in [7, 11) is 0. The van der Waals surface area contributed by atoms with Crippen LogP contribution in [-0.2, 0) is 11.3 Å². The third-order valence-electron chi connectivity index (χ3n) is 3.04. The SMILES string of the molecule is NCc1ccccc1-c1ccc2nonc2c1.O=C(O)C(F)(F)F. The van der Waals surface area contributed by atoms with Crippen LogP contribution in [0.3, 0.4) is 0 Å². The van der Waals surface area contributed by atoms with Gasteiger partial charge in [-0.3, -0.25) is 0 Å². The van der Waals surface area contributed by atoms with Crippen molar-refractivity contribution in [1.29, 1.82) is 0 Å². The third kappa shape index (κ3) is 4.07. The summed E-state index contributed by atoms with van der Waals surface area (Å²) in [5, 5.41) is 14.8. The van der Waals surface area contributed by atoms with Gasteiger partial charge in [0.25, 0.3) is 0 Å². The fourth-order valence-corrected chi connectivity index (χ4v) is 1.93. The molecule has 0 amide bonds. The molecule has 6 nitrogen and oxygen atoms in total. The van der Waals surface area contributed by atoms with Gasteiger partial charge in [0, 0.05) is 6.54 Å². The van der Waals surface area contributed by atoms with E-state index in [0.717, 1.165) is 27.7 Å². The first-order valence-corrected chi connectivity index (χ1v) is 6.63. The molecular weight excluding hydrogens is 327 g/mol. The number of carboxylic acid groups (broad SMARTS) is 1. The number of fused-ring (bicyclic) bond motifs is 1. The van der Waals surface area contributed by atoms with E-state index in [9.17, 15) is 13.2 Å². The van der Waals surface area contributed by atoms with E-state index < -0.39 is 12.1 Å². The van der Waals surface area contributed by atoms with Gasteiger partial charge in [-0.25, -0.2) is 9.42 Å². The molecular formula is C15H12F3N3O3. The number of nitrogens with two attached hydrogens (primary N) is 1. The highest BCUT2D eigenvalue weighted by Crippen LogP contribution is 2.25. The van der Waals surface area contributed by atoms with Crippen molar-refractivity contribution in [2.75, 3.05) is 0 Å². The molecule has 0 radical (unpaired) electrons. The number of hydrogen-bond acceptors (Lipinski definition) is 5. The molecule has 0 fully saturated rings. The van der Waals surface area contributed by atoms with Crippen LogP contribution in [0.1, 0.15) is 5.56 Å². The highest BCUT2D eigenvalue weighted by atomic mass is 19.4. The van der Waals surface area contributed by atoms with Gasteiger partial charge in [0.15, 0.2) is 0 Å². The Morgan fingerprint density at radius 2 is 1.75 bits per heavy atom. The highest BCUT2D eigenvalue weighted by Gasteiger charge is 2.38. The van der Waals surface area contributed by atoms with Crippen molar-refractivity contribution in [1.82, 2.24) is 10.3 Å². The zero-order chi connectivity index (χ0) is 17.7. The maximum absolute atomic E-state index is 10.6. The van der Waals surface area contributed by atoms with Crippen LogP contribution in [0.2, 0.25) is 0 Å². The summed E-state index contributed by atoms with van der Waals surface area (Å²) in [6, 6.07) is 13.9. The monoisotopic (exact) mass is 339 g/mol. The Bertz CT molecular complexity index is 846. The maximum Gasteiger partial charge on any atom is 0.490 e. The molecule has 0 aliphatic rings. The summed E-state index contributed by atoms with van der Waals surface area (Å²) in [6.07, 6.45) is -5.08. The van der Waals surface area contributed by atoms with E-state index in [2.05, 4.69) is 21.0 Å². The van der Waals surface area contributed by atoms with Crippen molar-refractivity contribution in [3.63, 3.8) is 0 Å². The van der Waals surface area contributed by atoms with Crippen molar-refractivity contribution in [2.45, 2.75) is 12.7 Å². The van der Waals surface area contributed by atoms with E-state index in [-0.39, 0.29) is 0 Å². The van der Waals surface area contributed by atoms with Crippen LogP contribution in [-0.4, -0.2) is 27.6 Å². The Labute approximate surface area is 133 Å². The number of benzene rings is 2. The molecule has 1 heterocycles. The molecule has 0 saturated heterocycles. The van der Waals surface area contributed by atoms with Crippen molar-refractivity contribution in [3.05, 3.63) is 48.0 Å². The second kappa shape index (κ2) is 7.09. The van der Waals surface area contributed by atoms with Gasteiger partial charge in [0.05, 0.1) is 0 Å². The fourth-order valence-electron chi connectivity index (χ4n) is 1.93. The zero-order valence-corrected chi connectivity index (χ0v) is 12.1. The highest BCUT2D eigenvalue weighted by molar-refractivity contribution is 5.81. The predicted molar refractivity (Wildman–Crippen MR) is 78.8 cm³/mol. The second-order valence-corrected chi connectivity index (χ2v) is 4.63. The number of carbonyl (C=O) groups is 1. The summed E-state index contributed by atoms with van der Waals surface area (Å²) >= 11 is 0. The minimum absolute atomic E-state index is 0.519. The standard InChI is InChI=1S/C13H11N3O.C2HF3O2/c14-8-10-3-1-2-4-11(10)9-5-6-12-13(7-9)16-17-15-12;3-2(4,5)1(6)7/h1-7H,8,14H2;(H,6,7). The van der Waals surface area contributed by atoms with E-state index in [4.69, 9.17) is 15.6 Å². The molecule has 0 aliphatic carbocycles. The van der Waals surface area contributed by atoms with E-state index in [1.807, 2.05) is 36.4 Å². The number of aromatic nitrogens is 2.